The van der Waals surface area contributed by atoms with Gasteiger partial charge in [0.25, 0.3) is 0 Å². The molecule has 1 aliphatic heterocycles. The second kappa shape index (κ2) is 10.8. The van der Waals surface area contributed by atoms with Gasteiger partial charge in [0, 0.05) is 6.20 Å². The summed E-state index contributed by atoms with van der Waals surface area (Å²) < 4.78 is 39.3. The molecule has 3 N–H and O–H groups in total. The van der Waals surface area contributed by atoms with Crippen molar-refractivity contribution in [2.24, 2.45) is 5.92 Å². The molecule has 3 atom stereocenters. The summed E-state index contributed by atoms with van der Waals surface area (Å²) in [4.78, 5) is 8.71. The van der Waals surface area contributed by atoms with E-state index in [1.165, 1.54) is 0 Å². The molecule has 1 aliphatic rings. The third-order valence-electron chi connectivity index (χ3n) is 5.52. The average molecular weight is 490 g/mol. The zero-order chi connectivity index (χ0) is 24.1. The highest BCUT2D eigenvalue weighted by Crippen LogP contribution is 2.45. The number of benzene rings is 1. The van der Waals surface area contributed by atoms with Gasteiger partial charge >= 0.3 is 7.52 Å². The number of hydrogen-bond donors (Lipinski definition) is 2. The fourth-order valence-electron chi connectivity index (χ4n) is 3.75. The molecule has 10 nitrogen and oxygen atoms in total. The van der Waals surface area contributed by atoms with E-state index >= 15 is 0 Å². The topological polar surface area (TPSA) is 123 Å². The Balaban J connectivity index is 1.48. The normalized spacial score (nSPS) is 18.2. The Bertz CT molecular complexity index is 1120. The van der Waals surface area contributed by atoms with Crippen molar-refractivity contribution >= 4 is 24.4 Å². The lowest BCUT2D eigenvalue weighted by atomic mass is 10.1. The Kier molecular flexibility index (Phi) is 7.85. The van der Waals surface area contributed by atoms with Crippen LogP contribution < -0.4 is 15.3 Å². The Morgan fingerprint density at radius 2 is 1.91 bits per heavy atom. The van der Waals surface area contributed by atoms with Crippen LogP contribution in [0.5, 0.6) is 5.75 Å². The number of pyridine rings is 1. The molecule has 4 rings (SSSR count). The lowest BCUT2D eigenvalue weighted by molar-refractivity contribution is -0.0730. The fourth-order valence-corrected chi connectivity index (χ4v) is 5.71. The third kappa shape index (κ3) is 5.95. The van der Waals surface area contributed by atoms with Gasteiger partial charge in [0.15, 0.2) is 11.9 Å². The van der Waals surface area contributed by atoms with E-state index in [2.05, 4.69) is 15.1 Å². The van der Waals surface area contributed by atoms with Crippen LogP contribution in [0.2, 0.25) is 0 Å². The first-order valence-corrected chi connectivity index (χ1v) is 13.2. The van der Waals surface area contributed by atoms with Crippen molar-refractivity contribution in [2.45, 2.75) is 45.8 Å². The molecule has 2 aromatic heterocycles. The average Bonchev–Trinajstić information content (AvgIpc) is 3.48. The van der Waals surface area contributed by atoms with E-state index in [1.807, 2.05) is 43.5 Å². The van der Waals surface area contributed by atoms with Crippen LogP contribution in [0, 0.1) is 5.92 Å². The number of aromatic nitrogens is 3. The SMILES string of the molecule is CC(C)[C@H](NP(=O)(CO[C@H](C)Cn1cnc2c(N)ccnc21)Oc1ccccc1)C1OCCO1. The number of nitrogen functional groups attached to an aromatic ring is 1. The number of anilines is 1. The van der Waals surface area contributed by atoms with Crippen molar-refractivity contribution in [3.63, 3.8) is 0 Å². The number of fused-ring (bicyclic) bond motifs is 1. The number of imidazole rings is 1. The van der Waals surface area contributed by atoms with Crippen molar-refractivity contribution in [2.75, 3.05) is 25.3 Å². The van der Waals surface area contributed by atoms with Crippen LogP contribution in [0.3, 0.4) is 0 Å². The first kappa shape index (κ1) is 24.6. The van der Waals surface area contributed by atoms with Crippen LogP contribution in [0.25, 0.3) is 11.2 Å². The maximum atomic E-state index is 14.0. The van der Waals surface area contributed by atoms with Crippen LogP contribution in [-0.4, -0.2) is 52.5 Å². The number of hydrogen-bond acceptors (Lipinski definition) is 8. The molecule has 3 heterocycles. The van der Waals surface area contributed by atoms with Crippen LogP contribution in [0.4, 0.5) is 5.69 Å². The minimum atomic E-state index is -3.50. The van der Waals surface area contributed by atoms with Crippen LogP contribution in [-0.2, 0) is 25.3 Å². The van der Waals surface area contributed by atoms with Gasteiger partial charge in [0.2, 0.25) is 0 Å². The molecule has 0 aliphatic carbocycles. The van der Waals surface area contributed by atoms with Gasteiger partial charge in [0.05, 0.1) is 43.9 Å². The lowest BCUT2D eigenvalue weighted by Crippen LogP contribution is -2.44. The van der Waals surface area contributed by atoms with Crippen molar-refractivity contribution in [3.05, 3.63) is 48.9 Å². The lowest BCUT2D eigenvalue weighted by Gasteiger charge is -2.31. The molecule has 0 bridgehead atoms. The summed E-state index contributed by atoms with van der Waals surface area (Å²) in [5.41, 5.74) is 7.87. The standard InChI is InChI=1S/C23H32N5O5P/c1-16(2)20(23-30-11-12-31-23)27-34(29,33-18-7-5-4-6-8-18)15-32-17(3)13-28-14-26-21-19(24)9-10-25-22(21)28/h4-10,14,16-17,20,23H,11-13,15H2,1-3H3,(H2,24,25)(H,27,29)/t17-,20+,34?/m1/s1. The molecule has 11 heteroatoms. The van der Waals surface area contributed by atoms with Crippen molar-refractivity contribution in [1.82, 2.24) is 19.6 Å². The molecule has 184 valence electrons. The van der Waals surface area contributed by atoms with Crippen molar-refractivity contribution < 1.29 is 23.3 Å². The van der Waals surface area contributed by atoms with Crippen molar-refractivity contribution in [1.29, 1.82) is 0 Å². The molecular weight excluding hydrogens is 457 g/mol. The molecule has 34 heavy (non-hydrogen) atoms. The summed E-state index contributed by atoms with van der Waals surface area (Å²) in [6, 6.07) is 10.4. The summed E-state index contributed by atoms with van der Waals surface area (Å²) in [6.45, 7) is 7.40. The second-order valence-corrected chi connectivity index (χ2v) is 10.7. The predicted octanol–water partition coefficient (Wildman–Crippen LogP) is 3.64. The van der Waals surface area contributed by atoms with Gasteiger partial charge in [-0.2, -0.15) is 0 Å². The first-order chi connectivity index (χ1) is 16.3. The van der Waals surface area contributed by atoms with Crippen LogP contribution in [0.1, 0.15) is 20.8 Å². The number of ether oxygens (including phenoxy) is 3. The fraction of sp³-hybridized carbons (Fsp3) is 0.478. The number of nitrogens with one attached hydrogen (secondary N) is 1. The summed E-state index contributed by atoms with van der Waals surface area (Å²) in [6.07, 6.45) is 2.38. The minimum absolute atomic E-state index is 0.0852. The van der Waals surface area contributed by atoms with E-state index in [-0.39, 0.29) is 24.4 Å². The maximum Gasteiger partial charge on any atom is 0.342 e. The van der Waals surface area contributed by atoms with Gasteiger partial charge < -0.3 is 29.0 Å². The zero-order valence-corrected chi connectivity index (χ0v) is 20.6. The molecular formula is C23H32N5O5P. The molecule has 1 aromatic carbocycles. The summed E-state index contributed by atoms with van der Waals surface area (Å²) in [5.74, 6) is 0.577. The van der Waals surface area contributed by atoms with E-state index in [4.69, 9.17) is 24.5 Å². The van der Waals surface area contributed by atoms with Gasteiger partial charge in [0.1, 0.15) is 17.6 Å². The molecule has 1 saturated heterocycles. The van der Waals surface area contributed by atoms with Gasteiger partial charge in [-0.3, -0.25) is 4.57 Å². The monoisotopic (exact) mass is 489 g/mol. The second-order valence-electron chi connectivity index (χ2n) is 8.66. The molecule has 1 unspecified atom stereocenters. The summed E-state index contributed by atoms with van der Waals surface area (Å²) >= 11 is 0. The number of rotatable bonds is 11. The predicted molar refractivity (Wildman–Crippen MR) is 129 cm³/mol. The first-order valence-electron chi connectivity index (χ1n) is 11.4. The molecule has 0 spiro atoms. The van der Waals surface area contributed by atoms with E-state index in [1.54, 1.807) is 30.7 Å². The quantitative estimate of drug-likeness (QED) is 0.389. The maximum absolute atomic E-state index is 14.0. The Labute approximate surface area is 199 Å². The molecule has 0 amide bonds. The Morgan fingerprint density at radius 1 is 1.18 bits per heavy atom. The minimum Gasteiger partial charge on any atom is -0.431 e. The van der Waals surface area contributed by atoms with E-state index in [0.29, 0.717) is 42.4 Å². The smallest absolute Gasteiger partial charge is 0.342 e. The number of para-hydroxylation sites is 1. The van der Waals surface area contributed by atoms with Crippen LogP contribution in [0.15, 0.2) is 48.9 Å². The molecule has 3 aromatic rings. The Hall–Kier alpha value is -2.49. The number of nitrogens with zero attached hydrogens (tertiary/aromatic N) is 3. The van der Waals surface area contributed by atoms with Gasteiger partial charge in [-0.1, -0.05) is 32.0 Å². The molecule has 1 fully saturated rings. The highest BCUT2D eigenvalue weighted by atomic mass is 31.2. The highest BCUT2D eigenvalue weighted by Gasteiger charge is 2.37. The summed E-state index contributed by atoms with van der Waals surface area (Å²) in [5, 5.41) is 3.18. The van der Waals surface area contributed by atoms with Gasteiger partial charge in [-0.05, 0) is 31.0 Å². The number of nitrogens with two attached hydrogens (primary N) is 1. The highest BCUT2D eigenvalue weighted by molar-refractivity contribution is 7.57. The van der Waals surface area contributed by atoms with Crippen LogP contribution >= 0.6 is 7.52 Å². The zero-order valence-electron chi connectivity index (χ0n) is 19.7. The molecule has 0 radical (unpaired) electrons. The van der Waals surface area contributed by atoms with E-state index in [9.17, 15) is 4.57 Å². The Morgan fingerprint density at radius 3 is 2.62 bits per heavy atom. The van der Waals surface area contributed by atoms with E-state index < -0.39 is 13.8 Å². The molecule has 0 saturated carbocycles. The van der Waals surface area contributed by atoms with Crippen molar-refractivity contribution in [3.8, 4) is 5.75 Å². The van der Waals surface area contributed by atoms with E-state index in [0.717, 1.165) is 0 Å². The third-order valence-corrected chi connectivity index (χ3v) is 7.20. The van der Waals surface area contributed by atoms with Gasteiger partial charge in [-0.15, -0.1) is 0 Å². The summed E-state index contributed by atoms with van der Waals surface area (Å²) in [7, 11) is -3.50. The van der Waals surface area contributed by atoms with Gasteiger partial charge in [-0.25, -0.2) is 15.1 Å². The largest absolute Gasteiger partial charge is 0.431 e.